The van der Waals surface area contributed by atoms with Gasteiger partial charge in [-0.2, -0.15) is 0 Å². The predicted octanol–water partition coefficient (Wildman–Crippen LogP) is 5.29. The molecule has 0 aromatic heterocycles. The first-order valence-electron chi connectivity index (χ1n) is 7.28. The van der Waals surface area contributed by atoms with E-state index in [1.54, 1.807) is 0 Å². The van der Waals surface area contributed by atoms with E-state index in [1.807, 2.05) is 70.2 Å². The molecule has 0 aliphatic rings. The average Bonchev–Trinajstić information content (AvgIpc) is 2.45. The molecule has 1 rings (SSSR count). The summed E-state index contributed by atoms with van der Waals surface area (Å²) in [5.41, 5.74) is 10.2. The lowest BCUT2D eigenvalue weighted by molar-refractivity contribution is 0.441. The van der Waals surface area contributed by atoms with Crippen molar-refractivity contribution in [3.05, 3.63) is 83.7 Å². The molecule has 0 spiro atoms. The zero-order valence-electron chi connectivity index (χ0n) is 13.9. The number of benzene rings is 1. The molecule has 0 fully saturated rings. The van der Waals surface area contributed by atoms with Gasteiger partial charge in [-0.1, -0.05) is 36.9 Å². The van der Waals surface area contributed by atoms with E-state index in [0.717, 1.165) is 28.0 Å². The molecule has 0 bridgehead atoms. The average molecular weight is 295 g/mol. The quantitative estimate of drug-likeness (QED) is 0.572. The van der Waals surface area contributed by atoms with Crippen molar-refractivity contribution < 1.29 is 4.74 Å². The van der Waals surface area contributed by atoms with Crippen LogP contribution in [0.2, 0.25) is 0 Å². The van der Waals surface area contributed by atoms with Crippen molar-refractivity contribution in [3.63, 3.8) is 0 Å². The standard InChI is InChI=1S/C20H25NO/c1-7-9-17(14(3)4)13-18(8-2)22-20-12-15(5)10-11-19(20)16(6)21/h7-13H,3,6,21H2,1-2,4-5H3/b9-7-,17-13-,18-8?. The number of allylic oxidation sites excluding steroid dienone is 6. The van der Waals surface area contributed by atoms with Gasteiger partial charge in [0.1, 0.15) is 11.5 Å². The fraction of sp³-hybridized carbons (Fsp3) is 0.200. The molecule has 0 radical (unpaired) electrons. The minimum absolute atomic E-state index is 0.489. The van der Waals surface area contributed by atoms with E-state index in [9.17, 15) is 0 Å². The van der Waals surface area contributed by atoms with E-state index in [0.29, 0.717) is 11.4 Å². The highest BCUT2D eigenvalue weighted by Crippen LogP contribution is 2.27. The number of aryl methyl sites for hydroxylation is 1. The number of rotatable bonds is 6. The van der Waals surface area contributed by atoms with Gasteiger partial charge < -0.3 is 10.5 Å². The highest BCUT2D eigenvalue weighted by atomic mass is 16.5. The summed E-state index contributed by atoms with van der Waals surface area (Å²) < 4.78 is 6.03. The van der Waals surface area contributed by atoms with Crippen molar-refractivity contribution in [3.8, 4) is 5.75 Å². The Kier molecular flexibility index (Phi) is 6.46. The van der Waals surface area contributed by atoms with Crippen LogP contribution in [0.3, 0.4) is 0 Å². The van der Waals surface area contributed by atoms with Gasteiger partial charge in [0, 0.05) is 11.3 Å². The van der Waals surface area contributed by atoms with Gasteiger partial charge in [0.2, 0.25) is 0 Å². The monoisotopic (exact) mass is 295 g/mol. The third-order valence-corrected chi connectivity index (χ3v) is 3.13. The van der Waals surface area contributed by atoms with Crippen LogP contribution in [0.25, 0.3) is 5.70 Å². The molecule has 0 aliphatic heterocycles. The summed E-state index contributed by atoms with van der Waals surface area (Å²) >= 11 is 0. The third-order valence-electron chi connectivity index (χ3n) is 3.13. The first kappa shape index (κ1) is 17.6. The smallest absolute Gasteiger partial charge is 0.136 e. The fourth-order valence-electron chi connectivity index (χ4n) is 1.92. The van der Waals surface area contributed by atoms with Gasteiger partial charge in [-0.05, 0) is 63.1 Å². The van der Waals surface area contributed by atoms with Gasteiger partial charge >= 0.3 is 0 Å². The normalized spacial score (nSPS) is 12.5. The Bertz CT molecular complexity index is 660. The molecule has 0 unspecified atom stereocenters. The lowest BCUT2D eigenvalue weighted by Crippen LogP contribution is -2.01. The Morgan fingerprint density at radius 2 is 1.91 bits per heavy atom. The Labute approximate surface area is 134 Å². The summed E-state index contributed by atoms with van der Waals surface area (Å²) in [5, 5.41) is 0. The topological polar surface area (TPSA) is 35.2 Å². The molecule has 116 valence electrons. The number of nitrogens with two attached hydrogens (primary N) is 1. The lowest BCUT2D eigenvalue weighted by Gasteiger charge is -2.13. The second-order valence-corrected chi connectivity index (χ2v) is 5.20. The summed E-state index contributed by atoms with van der Waals surface area (Å²) in [5.74, 6) is 1.45. The molecular weight excluding hydrogens is 270 g/mol. The summed E-state index contributed by atoms with van der Waals surface area (Å²) in [7, 11) is 0. The lowest BCUT2D eigenvalue weighted by atomic mass is 10.1. The van der Waals surface area contributed by atoms with Crippen LogP contribution in [0.15, 0.2) is 72.6 Å². The highest BCUT2D eigenvalue weighted by molar-refractivity contribution is 5.67. The van der Waals surface area contributed by atoms with Gasteiger partial charge in [-0.15, -0.1) is 0 Å². The van der Waals surface area contributed by atoms with Crippen LogP contribution in [0.4, 0.5) is 0 Å². The summed E-state index contributed by atoms with van der Waals surface area (Å²) in [6.07, 6.45) is 7.87. The second kappa shape index (κ2) is 8.08. The minimum atomic E-state index is 0.489. The van der Waals surface area contributed by atoms with E-state index in [2.05, 4.69) is 13.2 Å². The van der Waals surface area contributed by atoms with Crippen LogP contribution in [0.1, 0.15) is 31.9 Å². The summed E-state index contributed by atoms with van der Waals surface area (Å²) in [6.45, 7) is 15.7. The third kappa shape index (κ3) is 4.81. The van der Waals surface area contributed by atoms with Crippen LogP contribution in [0, 0.1) is 6.92 Å². The van der Waals surface area contributed by atoms with E-state index in [1.165, 1.54) is 0 Å². The Balaban J connectivity index is 3.21. The van der Waals surface area contributed by atoms with Gasteiger partial charge in [-0.25, -0.2) is 0 Å². The Morgan fingerprint density at radius 1 is 1.23 bits per heavy atom. The zero-order valence-corrected chi connectivity index (χ0v) is 13.9. The molecule has 1 aromatic carbocycles. The minimum Gasteiger partial charge on any atom is -0.457 e. The molecule has 2 nitrogen and oxygen atoms in total. The molecule has 0 saturated carbocycles. The van der Waals surface area contributed by atoms with Gasteiger partial charge in [-0.3, -0.25) is 0 Å². The van der Waals surface area contributed by atoms with Crippen LogP contribution < -0.4 is 10.5 Å². The Hall–Kier alpha value is -2.48. The van der Waals surface area contributed by atoms with Gasteiger partial charge in [0.05, 0.1) is 0 Å². The van der Waals surface area contributed by atoms with E-state index in [4.69, 9.17) is 10.5 Å². The van der Waals surface area contributed by atoms with Crippen LogP contribution >= 0.6 is 0 Å². The number of hydrogen-bond acceptors (Lipinski definition) is 2. The molecular formula is C20H25NO. The molecule has 1 aromatic rings. The molecule has 2 N–H and O–H groups in total. The Morgan fingerprint density at radius 3 is 2.41 bits per heavy atom. The largest absolute Gasteiger partial charge is 0.457 e. The van der Waals surface area contributed by atoms with Gasteiger partial charge in [0.15, 0.2) is 0 Å². The number of hydrogen-bond donors (Lipinski definition) is 1. The maximum Gasteiger partial charge on any atom is 0.136 e. The molecule has 0 saturated heterocycles. The molecule has 22 heavy (non-hydrogen) atoms. The van der Waals surface area contributed by atoms with Crippen LogP contribution in [0.5, 0.6) is 5.75 Å². The summed E-state index contributed by atoms with van der Waals surface area (Å²) in [4.78, 5) is 0. The van der Waals surface area contributed by atoms with Crippen LogP contribution in [-0.4, -0.2) is 0 Å². The van der Waals surface area contributed by atoms with E-state index >= 15 is 0 Å². The van der Waals surface area contributed by atoms with Gasteiger partial charge in [0.25, 0.3) is 0 Å². The van der Waals surface area contributed by atoms with Crippen molar-refractivity contribution >= 4 is 5.70 Å². The predicted molar refractivity (Wildman–Crippen MR) is 96.5 cm³/mol. The second-order valence-electron chi connectivity index (χ2n) is 5.20. The van der Waals surface area contributed by atoms with Crippen LogP contribution in [-0.2, 0) is 0 Å². The van der Waals surface area contributed by atoms with Crippen molar-refractivity contribution in [1.29, 1.82) is 0 Å². The maximum absolute atomic E-state index is 6.03. The summed E-state index contributed by atoms with van der Waals surface area (Å²) in [6, 6.07) is 5.88. The molecule has 0 atom stereocenters. The molecule has 0 aliphatic carbocycles. The molecule has 0 heterocycles. The highest BCUT2D eigenvalue weighted by Gasteiger charge is 2.08. The SMILES string of the molecule is C=C(C)C(/C=C\C)=C\C(=CC)Oc1cc(C)ccc1C(=C)N. The van der Waals surface area contributed by atoms with E-state index < -0.39 is 0 Å². The first-order valence-corrected chi connectivity index (χ1v) is 7.28. The maximum atomic E-state index is 6.03. The van der Waals surface area contributed by atoms with Crippen molar-refractivity contribution in [2.24, 2.45) is 5.73 Å². The van der Waals surface area contributed by atoms with E-state index in [-0.39, 0.29) is 0 Å². The first-order chi connectivity index (χ1) is 10.4. The van der Waals surface area contributed by atoms with Crippen molar-refractivity contribution in [2.75, 3.05) is 0 Å². The van der Waals surface area contributed by atoms with Crippen molar-refractivity contribution in [1.82, 2.24) is 0 Å². The number of ether oxygens (including phenoxy) is 1. The molecule has 2 heteroatoms. The fourth-order valence-corrected chi connectivity index (χ4v) is 1.92. The zero-order chi connectivity index (χ0) is 16.7. The molecule has 0 amide bonds. The van der Waals surface area contributed by atoms with Crippen molar-refractivity contribution in [2.45, 2.75) is 27.7 Å².